The first-order valence-electron chi connectivity index (χ1n) is 7.11. The molecule has 0 radical (unpaired) electrons. The lowest BCUT2D eigenvalue weighted by Gasteiger charge is -2.25. The van der Waals surface area contributed by atoms with Crippen molar-refractivity contribution in [1.29, 1.82) is 0 Å². The highest BCUT2D eigenvalue weighted by atomic mass is 32.2. The van der Waals surface area contributed by atoms with E-state index in [9.17, 15) is 13.2 Å². The molecule has 116 valence electrons. The number of nitrogens with one attached hydrogen (secondary N) is 3. The Kier molecular flexibility index (Phi) is 5.19. The van der Waals surface area contributed by atoms with Crippen molar-refractivity contribution in [3.63, 3.8) is 0 Å². The Hall–Kier alpha value is -1.60. The maximum Gasteiger partial charge on any atom is 0.227 e. The van der Waals surface area contributed by atoms with Gasteiger partial charge in [0.25, 0.3) is 0 Å². The van der Waals surface area contributed by atoms with Crippen LogP contribution in [0.1, 0.15) is 24.8 Å². The molecule has 0 bridgehead atoms. The standard InChI is InChI=1S/C14H21N3O3S/c1-2-17-21(19,20)10-9-16-14(18)12-7-8-15-13-6-4-3-5-11(12)13/h3-6,12,15,17H,2,7-10H2,1H3,(H,16,18). The molecule has 3 N–H and O–H groups in total. The highest BCUT2D eigenvalue weighted by Gasteiger charge is 2.26. The smallest absolute Gasteiger partial charge is 0.227 e. The van der Waals surface area contributed by atoms with E-state index in [0.29, 0.717) is 13.0 Å². The van der Waals surface area contributed by atoms with E-state index in [0.717, 1.165) is 17.8 Å². The number of hydrogen-bond donors (Lipinski definition) is 3. The second-order valence-electron chi connectivity index (χ2n) is 4.96. The molecule has 6 nitrogen and oxygen atoms in total. The molecule has 1 atom stereocenters. The molecule has 1 heterocycles. The molecular formula is C14H21N3O3S. The monoisotopic (exact) mass is 311 g/mol. The van der Waals surface area contributed by atoms with E-state index >= 15 is 0 Å². The van der Waals surface area contributed by atoms with E-state index in [1.807, 2.05) is 24.3 Å². The Morgan fingerprint density at radius 1 is 1.38 bits per heavy atom. The van der Waals surface area contributed by atoms with Gasteiger partial charge in [-0.25, -0.2) is 13.1 Å². The van der Waals surface area contributed by atoms with Crippen LogP contribution >= 0.6 is 0 Å². The summed E-state index contributed by atoms with van der Waals surface area (Å²) in [5, 5.41) is 5.98. The minimum absolute atomic E-state index is 0.0980. The Labute approximate surface area is 125 Å². The van der Waals surface area contributed by atoms with Crippen LogP contribution in [-0.2, 0) is 14.8 Å². The van der Waals surface area contributed by atoms with Gasteiger partial charge in [-0.2, -0.15) is 0 Å². The zero-order chi connectivity index (χ0) is 15.3. The van der Waals surface area contributed by atoms with Crippen molar-refractivity contribution in [2.75, 3.05) is 30.7 Å². The van der Waals surface area contributed by atoms with Gasteiger partial charge in [-0.15, -0.1) is 0 Å². The summed E-state index contributed by atoms with van der Waals surface area (Å²) in [5.41, 5.74) is 1.94. The number of carbonyl (C=O) groups is 1. The van der Waals surface area contributed by atoms with Crippen LogP contribution in [0.2, 0.25) is 0 Å². The molecule has 21 heavy (non-hydrogen) atoms. The highest BCUT2D eigenvalue weighted by Crippen LogP contribution is 2.31. The van der Waals surface area contributed by atoms with Gasteiger partial charge >= 0.3 is 0 Å². The van der Waals surface area contributed by atoms with Gasteiger partial charge in [0, 0.05) is 25.3 Å². The van der Waals surface area contributed by atoms with E-state index in [1.54, 1.807) is 6.92 Å². The third kappa shape index (κ3) is 4.18. The van der Waals surface area contributed by atoms with Crippen LogP contribution in [0.15, 0.2) is 24.3 Å². The van der Waals surface area contributed by atoms with Crippen molar-refractivity contribution in [1.82, 2.24) is 10.0 Å². The number of rotatable bonds is 6. The second kappa shape index (κ2) is 6.91. The number of para-hydroxylation sites is 1. The SMILES string of the molecule is CCNS(=O)(=O)CCNC(=O)C1CCNc2ccccc21. The molecule has 0 aliphatic carbocycles. The zero-order valence-corrected chi connectivity index (χ0v) is 12.9. The molecule has 0 saturated carbocycles. The summed E-state index contributed by atoms with van der Waals surface area (Å²) < 4.78 is 25.4. The number of carbonyl (C=O) groups excluding carboxylic acids is 1. The average Bonchev–Trinajstić information content (AvgIpc) is 2.46. The molecule has 1 unspecified atom stereocenters. The quantitative estimate of drug-likeness (QED) is 0.719. The third-order valence-corrected chi connectivity index (χ3v) is 4.91. The van der Waals surface area contributed by atoms with Crippen molar-refractivity contribution in [2.45, 2.75) is 19.3 Å². The summed E-state index contributed by atoms with van der Waals surface area (Å²) in [4.78, 5) is 12.3. The summed E-state index contributed by atoms with van der Waals surface area (Å²) in [5.74, 6) is -0.431. The molecule has 0 fully saturated rings. The molecule has 1 aliphatic rings. The first-order chi connectivity index (χ1) is 10.0. The molecule has 0 aromatic heterocycles. The third-order valence-electron chi connectivity index (χ3n) is 3.44. The van der Waals surface area contributed by atoms with Gasteiger partial charge in [0.2, 0.25) is 15.9 Å². The van der Waals surface area contributed by atoms with Gasteiger partial charge in [0.15, 0.2) is 0 Å². The van der Waals surface area contributed by atoms with Gasteiger partial charge in [-0.05, 0) is 18.1 Å². The fourth-order valence-corrected chi connectivity index (χ4v) is 3.42. The van der Waals surface area contributed by atoms with Crippen molar-refractivity contribution in [2.24, 2.45) is 0 Å². The fraction of sp³-hybridized carbons (Fsp3) is 0.500. The molecule has 0 spiro atoms. The van der Waals surface area contributed by atoms with Crippen molar-refractivity contribution < 1.29 is 13.2 Å². The highest BCUT2D eigenvalue weighted by molar-refractivity contribution is 7.89. The molecule has 1 aliphatic heterocycles. The van der Waals surface area contributed by atoms with Crippen molar-refractivity contribution >= 4 is 21.6 Å². The lowest BCUT2D eigenvalue weighted by molar-refractivity contribution is -0.122. The van der Waals surface area contributed by atoms with Crippen LogP contribution in [0.3, 0.4) is 0 Å². The largest absolute Gasteiger partial charge is 0.385 e. The summed E-state index contributed by atoms with van der Waals surface area (Å²) in [6.07, 6.45) is 0.711. The Morgan fingerprint density at radius 3 is 2.90 bits per heavy atom. The van der Waals surface area contributed by atoms with E-state index in [2.05, 4.69) is 15.4 Å². The maximum atomic E-state index is 12.3. The predicted octanol–water partition coefficient (Wildman–Crippen LogP) is 0.641. The molecule has 1 aromatic rings. The van der Waals surface area contributed by atoms with Crippen LogP contribution in [-0.4, -0.2) is 39.7 Å². The van der Waals surface area contributed by atoms with Gasteiger partial charge in [0.1, 0.15) is 0 Å². The van der Waals surface area contributed by atoms with Crippen LogP contribution < -0.4 is 15.4 Å². The minimum atomic E-state index is -3.30. The summed E-state index contributed by atoms with van der Waals surface area (Å²) in [6.45, 7) is 2.95. The van der Waals surface area contributed by atoms with Crippen LogP contribution in [0, 0.1) is 0 Å². The van der Waals surface area contributed by atoms with E-state index in [1.165, 1.54) is 0 Å². The second-order valence-corrected chi connectivity index (χ2v) is 6.89. The van der Waals surface area contributed by atoms with E-state index in [4.69, 9.17) is 0 Å². The van der Waals surface area contributed by atoms with Crippen LogP contribution in [0.25, 0.3) is 0 Å². The number of hydrogen-bond acceptors (Lipinski definition) is 4. The predicted molar refractivity (Wildman–Crippen MR) is 82.8 cm³/mol. The summed E-state index contributed by atoms with van der Waals surface area (Å²) >= 11 is 0. The fourth-order valence-electron chi connectivity index (χ4n) is 2.46. The van der Waals surface area contributed by atoms with Crippen LogP contribution in [0.4, 0.5) is 5.69 Å². The zero-order valence-electron chi connectivity index (χ0n) is 12.1. The van der Waals surface area contributed by atoms with Crippen molar-refractivity contribution in [3.8, 4) is 0 Å². The van der Waals surface area contributed by atoms with Gasteiger partial charge in [0.05, 0.1) is 11.7 Å². The molecule has 2 rings (SSSR count). The average molecular weight is 311 g/mol. The molecule has 0 saturated heterocycles. The van der Waals surface area contributed by atoms with Gasteiger partial charge in [-0.1, -0.05) is 25.1 Å². The van der Waals surface area contributed by atoms with Gasteiger partial charge < -0.3 is 10.6 Å². The first kappa shape index (κ1) is 15.8. The number of anilines is 1. The lowest BCUT2D eigenvalue weighted by atomic mass is 9.90. The number of amides is 1. The van der Waals surface area contributed by atoms with Gasteiger partial charge in [-0.3, -0.25) is 4.79 Å². The summed E-state index contributed by atoms with van der Waals surface area (Å²) in [7, 11) is -3.30. The Morgan fingerprint density at radius 2 is 2.14 bits per heavy atom. The van der Waals surface area contributed by atoms with E-state index in [-0.39, 0.29) is 24.1 Å². The molecule has 7 heteroatoms. The van der Waals surface area contributed by atoms with Crippen LogP contribution in [0.5, 0.6) is 0 Å². The molecule has 1 aromatic carbocycles. The van der Waals surface area contributed by atoms with Crippen molar-refractivity contribution in [3.05, 3.63) is 29.8 Å². The molecule has 1 amide bonds. The van der Waals surface area contributed by atoms with E-state index < -0.39 is 10.0 Å². The normalized spacial score (nSPS) is 17.7. The topological polar surface area (TPSA) is 87.3 Å². The lowest BCUT2D eigenvalue weighted by Crippen LogP contribution is -2.37. The Bertz CT molecular complexity index is 601. The number of benzene rings is 1. The summed E-state index contributed by atoms with van der Waals surface area (Å²) in [6, 6.07) is 7.71. The minimum Gasteiger partial charge on any atom is -0.385 e. The number of fused-ring (bicyclic) bond motifs is 1. The molecular weight excluding hydrogens is 290 g/mol. The number of sulfonamides is 1. The first-order valence-corrected chi connectivity index (χ1v) is 8.76. The maximum absolute atomic E-state index is 12.3. The Balaban J connectivity index is 1.93.